The lowest BCUT2D eigenvalue weighted by molar-refractivity contribution is 4.43. The fourth-order valence-electron chi connectivity index (χ4n) is 1.39. The zero-order valence-electron chi connectivity index (χ0n) is 14.0. The van der Waals surface area contributed by atoms with Crippen LogP contribution in [0.2, 0.25) is 0 Å². The Bertz CT molecular complexity index is 354. The molecule has 0 aliphatic rings. The van der Waals surface area contributed by atoms with E-state index in [4.69, 9.17) is 0 Å². The van der Waals surface area contributed by atoms with Crippen molar-refractivity contribution in [1.82, 2.24) is 0 Å². The molecule has 0 spiro atoms. The highest BCUT2D eigenvalue weighted by atomic mass is 33.5. The Kier molecular flexibility index (Phi) is 31.0. The third-order valence-corrected chi connectivity index (χ3v) is 179. The molecule has 0 aromatic rings. The minimum atomic E-state index is -0.341. The molecule has 0 bridgehead atoms. The molecule has 28 heavy (non-hydrogen) atoms. The highest BCUT2D eigenvalue weighted by Gasteiger charge is 2.44. The first-order valence-electron chi connectivity index (χ1n) is 6.07. The summed E-state index contributed by atoms with van der Waals surface area (Å²) in [6.45, 7) is -1.92. The lowest BCUT2D eigenvalue weighted by Crippen LogP contribution is -1.63. The van der Waals surface area contributed by atoms with Gasteiger partial charge in [0, 0.05) is 0 Å². The third-order valence-electron chi connectivity index (χ3n) is 2.21. The lowest BCUT2D eigenvalue weighted by Gasteiger charge is -2.63. The Morgan fingerprint density at radius 3 is 0.786 bits per heavy atom. The van der Waals surface area contributed by atoms with Crippen molar-refractivity contribution in [3.05, 3.63) is 0 Å². The zero-order valence-corrected chi connectivity index (χ0v) is 42.0. The van der Waals surface area contributed by atoms with E-state index in [2.05, 4.69) is 134 Å². The summed E-state index contributed by atoms with van der Waals surface area (Å²) in [6.07, 6.45) is 0. The summed E-state index contributed by atoms with van der Waals surface area (Å²) in [5, 5.41) is 0. The van der Waals surface area contributed by atoms with Gasteiger partial charge >= 0.3 is 0 Å². The molecule has 0 fully saturated rings. The Morgan fingerprint density at radius 1 is 0.321 bits per heavy atom. The van der Waals surface area contributed by atoms with Crippen LogP contribution >= 0.6 is 225 Å². The Morgan fingerprint density at radius 2 is 0.607 bits per heavy atom. The van der Waals surface area contributed by atoms with E-state index in [0.29, 0.717) is 0 Å². The van der Waals surface area contributed by atoms with Crippen molar-refractivity contribution >= 4 is 225 Å². The average Bonchev–Trinajstić information content (AvgIpc) is 2.48. The molecule has 0 N–H and O–H groups in total. The minimum Gasteiger partial charge on any atom is -0.553 e. The Labute approximate surface area is 222 Å². The molecule has 0 aliphatic carbocycles. The maximum atomic E-state index is 4.09. The Balaban J connectivity index is 6.81. The smallest absolute Gasteiger partial charge is 0.000934 e. The first-order chi connectivity index (χ1) is 12.7. The Hall–Kier alpha value is 12.0. The monoisotopic (exact) mass is 891 g/mol. The molecule has 0 radical (unpaired) electrons. The molecule has 0 saturated carbocycles. The molecule has 170 valence electrons. The van der Waals surface area contributed by atoms with Crippen molar-refractivity contribution in [2.45, 2.75) is 0 Å². The van der Waals surface area contributed by atoms with Crippen molar-refractivity contribution < 1.29 is 0 Å². The maximum Gasteiger partial charge on any atom is -0.000934 e. The van der Waals surface area contributed by atoms with Crippen LogP contribution in [0.4, 0.5) is 0 Å². The second-order valence-corrected chi connectivity index (χ2v) is 111. The van der Waals surface area contributed by atoms with E-state index in [0.717, 1.165) is 0 Å². The van der Waals surface area contributed by atoms with E-state index in [9.17, 15) is 0 Å². The van der Waals surface area contributed by atoms with Crippen LogP contribution in [0.5, 0.6) is 0 Å². The molecule has 0 saturated heterocycles. The predicted molar refractivity (Wildman–Crippen MR) is 227 cm³/mol. The molecule has 0 aromatic carbocycles. The van der Waals surface area contributed by atoms with Gasteiger partial charge in [-0.2, -0.15) is 0 Å². The van der Waals surface area contributed by atoms with E-state index >= 15 is 0 Å². The van der Waals surface area contributed by atoms with Crippen LogP contribution in [-0.4, -0.2) is 0 Å². The number of hydrogen-bond donors (Lipinski definition) is 0. The predicted octanol–water partition coefficient (Wildman–Crippen LogP) is 17.7. The van der Waals surface area contributed by atoms with Gasteiger partial charge in [0.15, 0.2) is 0 Å². The number of rotatable bonds is 12. The second-order valence-electron chi connectivity index (χ2n) is 4.12. The molecule has 0 rings (SSSR count). The van der Waals surface area contributed by atoms with Crippen LogP contribution in [-0.2, 0) is 0 Å². The van der Waals surface area contributed by atoms with Gasteiger partial charge < -0.3 is 74.5 Å². The molecule has 0 aromatic heterocycles. The molecule has 0 heterocycles. The zero-order chi connectivity index (χ0) is 22.5. The standard InChI is InChI=1S/H24P28/c1-16(2)23(15)27(24(17(3)4)18(5)6)28(25(19(7)8)20(9)10)26(21(11)12)22(13)14/h1-6H,7-15H2/q-6. The van der Waals surface area contributed by atoms with Gasteiger partial charge in [0.2, 0.25) is 0 Å². The van der Waals surface area contributed by atoms with Crippen molar-refractivity contribution in [3.63, 3.8) is 0 Å². The van der Waals surface area contributed by atoms with Crippen LogP contribution in [0, 0.1) is 0 Å². The SMILES string of the molecule is [PH-]P([PH-])P(P)P(P(P([PH-])[PH-])P([PH-])[PH-])P(P(P(P)P)P(P)P)P(P(P)P)P(P)P. The summed E-state index contributed by atoms with van der Waals surface area (Å²) >= 11 is 0. The van der Waals surface area contributed by atoms with Crippen LogP contribution in [0.3, 0.4) is 0 Å². The van der Waals surface area contributed by atoms with Gasteiger partial charge in [0.25, 0.3) is 0 Å². The van der Waals surface area contributed by atoms with Gasteiger partial charge in [-0.15, -0.1) is 87.3 Å². The van der Waals surface area contributed by atoms with Gasteiger partial charge in [-0.25, -0.2) is 0 Å². The van der Waals surface area contributed by atoms with Gasteiger partial charge in [-0.1, -0.05) is 6.99 Å². The first kappa shape index (κ1) is 40.0. The quantitative estimate of drug-likeness (QED) is 0.171. The number of hydrogen-bond acceptors (Lipinski definition) is 0. The highest BCUT2D eigenvalue weighted by molar-refractivity contribution is 9.42. The summed E-state index contributed by atoms with van der Waals surface area (Å²) < 4.78 is 0. The molecule has 11 unspecified atom stereocenters. The van der Waals surface area contributed by atoms with Crippen LogP contribution in [0.15, 0.2) is 0 Å². The second kappa shape index (κ2) is 21.7. The topological polar surface area (TPSA) is 0 Å². The summed E-state index contributed by atoms with van der Waals surface area (Å²) in [6, 6.07) is 0. The normalized spacial score (nSPS) is 16.1. The van der Waals surface area contributed by atoms with Crippen LogP contribution in [0.25, 0.3) is 0 Å². The van der Waals surface area contributed by atoms with E-state index in [1.165, 1.54) is 0 Å². The molecule has 0 amide bonds. The molecule has 11 atom stereocenters. The minimum absolute atomic E-state index is 0.0214. The van der Waals surface area contributed by atoms with Gasteiger partial charge in [0.05, 0.1) is 0 Å². The van der Waals surface area contributed by atoms with E-state index < -0.39 is 0 Å². The third kappa shape index (κ3) is 14.5. The van der Waals surface area contributed by atoms with E-state index in [1.807, 2.05) is 0 Å². The molecule has 0 aliphatic heterocycles. The van der Waals surface area contributed by atoms with Crippen LogP contribution in [0.1, 0.15) is 0 Å². The fourth-order valence-corrected chi connectivity index (χ4v) is 337. The highest BCUT2D eigenvalue weighted by Crippen LogP contribution is 3.37. The molecule has 28 heteroatoms. The van der Waals surface area contributed by atoms with Gasteiger partial charge in [-0.3, -0.25) is 0 Å². The van der Waals surface area contributed by atoms with Crippen molar-refractivity contribution in [3.8, 4) is 0 Å². The van der Waals surface area contributed by atoms with Gasteiger partial charge in [-0.05, 0) is 55.9 Å². The largest absolute Gasteiger partial charge is 0.553 e. The van der Waals surface area contributed by atoms with Crippen molar-refractivity contribution in [2.24, 2.45) is 0 Å². The fraction of sp³-hybridized carbons (Fsp3) is 0. The molecular weight excluding hydrogens is 867 g/mol. The first-order valence-corrected chi connectivity index (χ1v) is 54.6. The summed E-state index contributed by atoms with van der Waals surface area (Å²) in [7, 11) is 53.6. The summed E-state index contributed by atoms with van der Waals surface area (Å²) in [4.78, 5) is 0. The average molecular weight is 891 g/mol. The van der Waals surface area contributed by atoms with Gasteiger partial charge in [0.1, 0.15) is 0 Å². The maximum absolute atomic E-state index is 4.09. The van der Waals surface area contributed by atoms with E-state index in [-0.39, 0.29) is 90.8 Å². The summed E-state index contributed by atoms with van der Waals surface area (Å²) in [5.41, 5.74) is 0. The molecule has 0 nitrogen and oxygen atoms in total. The van der Waals surface area contributed by atoms with E-state index in [1.54, 1.807) is 0 Å². The van der Waals surface area contributed by atoms with Crippen molar-refractivity contribution in [2.75, 3.05) is 0 Å². The lowest BCUT2D eigenvalue weighted by atomic mass is 28.5. The van der Waals surface area contributed by atoms with Crippen molar-refractivity contribution in [1.29, 1.82) is 0 Å². The summed E-state index contributed by atoms with van der Waals surface area (Å²) in [5.74, 6) is 0. The molecular formula is H24P28-6. The van der Waals surface area contributed by atoms with Crippen LogP contribution < -0.4 is 0 Å².